The Kier molecular flexibility index (Phi) is 0.926. The fourth-order valence-electron chi connectivity index (χ4n) is 1.35. The fourth-order valence-corrected chi connectivity index (χ4v) is 1.35. The molecule has 3 nitrogen and oxygen atoms in total. The molecule has 1 N–H and O–H groups in total. The highest BCUT2D eigenvalue weighted by Gasteiger charge is 2.51. The fraction of sp³-hybridized carbons (Fsp3) is 0.833. The van der Waals surface area contributed by atoms with E-state index in [1.807, 2.05) is 0 Å². The Morgan fingerprint density at radius 1 is 1.78 bits per heavy atom. The van der Waals surface area contributed by atoms with Crippen LogP contribution in [0.5, 0.6) is 0 Å². The molecule has 0 aromatic heterocycles. The van der Waals surface area contributed by atoms with Crippen molar-refractivity contribution < 1.29 is 9.53 Å². The van der Waals surface area contributed by atoms with Gasteiger partial charge < -0.3 is 10.1 Å². The molecule has 2 heterocycles. The first-order valence-electron chi connectivity index (χ1n) is 3.18. The number of carbonyl (C=O) groups excluding carboxylic acids is 1. The minimum Gasteiger partial charge on any atom is -0.366 e. The van der Waals surface area contributed by atoms with Gasteiger partial charge in [0.05, 0.1) is 12.1 Å². The number of epoxide rings is 1. The topological polar surface area (TPSA) is 41.6 Å². The molecule has 0 aliphatic carbocycles. The van der Waals surface area contributed by atoms with Gasteiger partial charge in [-0.1, -0.05) is 0 Å². The summed E-state index contributed by atoms with van der Waals surface area (Å²) < 4.78 is 5.14. The Morgan fingerprint density at radius 3 is 2.78 bits per heavy atom. The normalized spacial score (nSPS) is 46.6. The number of nitrogens with one attached hydrogen (secondary N) is 1. The lowest BCUT2D eigenvalue weighted by molar-refractivity contribution is -0.119. The molecule has 0 spiro atoms. The van der Waals surface area contributed by atoms with Gasteiger partial charge in [0, 0.05) is 6.54 Å². The van der Waals surface area contributed by atoms with Crippen LogP contribution in [0.1, 0.15) is 6.92 Å². The highest BCUT2D eigenvalue weighted by Crippen LogP contribution is 2.30. The summed E-state index contributed by atoms with van der Waals surface area (Å²) in [7, 11) is 0. The van der Waals surface area contributed by atoms with Gasteiger partial charge in [-0.05, 0) is 6.92 Å². The minimum atomic E-state index is -0.00463. The quantitative estimate of drug-likeness (QED) is 0.474. The summed E-state index contributed by atoms with van der Waals surface area (Å²) in [4.78, 5) is 10.7. The molecule has 0 saturated carbocycles. The van der Waals surface area contributed by atoms with E-state index in [4.69, 9.17) is 4.74 Å². The Hall–Kier alpha value is -0.410. The van der Waals surface area contributed by atoms with Gasteiger partial charge in [-0.2, -0.15) is 0 Å². The molecule has 2 aliphatic rings. The van der Waals surface area contributed by atoms with Crippen LogP contribution in [0.4, 0.5) is 0 Å². The maximum absolute atomic E-state index is 10.7. The summed E-state index contributed by atoms with van der Waals surface area (Å²) in [6.45, 7) is 2.46. The minimum absolute atomic E-state index is 0.00463. The first kappa shape index (κ1) is 5.38. The van der Waals surface area contributed by atoms with Gasteiger partial charge in [-0.3, -0.25) is 4.79 Å². The van der Waals surface area contributed by atoms with E-state index in [-0.39, 0.29) is 17.9 Å². The van der Waals surface area contributed by atoms with E-state index in [0.29, 0.717) is 6.10 Å². The van der Waals surface area contributed by atoms with Crippen LogP contribution in [0.15, 0.2) is 0 Å². The van der Waals surface area contributed by atoms with E-state index in [1.165, 1.54) is 0 Å². The van der Waals surface area contributed by atoms with Gasteiger partial charge >= 0.3 is 0 Å². The Balaban J connectivity index is 2.06. The van der Waals surface area contributed by atoms with Crippen LogP contribution in [-0.2, 0) is 9.53 Å². The average Bonchev–Trinajstić information content (AvgIpc) is 2.43. The van der Waals surface area contributed by atoms with E-state index in [9.17, 15) is 4.79 Å². The van der Waals surface area contributed by atoms with Gasteiger partial charge in [0.25, 0.3) is 0 Å². The molecule has 0 aromatic carbocycles. The molecule has 0 radical (unpaired) electrons. The van der Waals surface area contributed by atoms with Crippen molar-refractivity contribution in [2.24, 2.45) is 0 Å². The van der Waals surface area contributed by atoms with Crippen LogP contribution in [0.25, 0.3) is 0 Å². The molecule has 0 bridgehead atoms. The second-order valence-corrected chi connectivity index (χ2v) is 2.64. The molecule has 0 aromatic rings. The number of hydrogen-bond acceptors (Lipinski definition) is 3. The molecule has 50 valence electrons. The van der Waals surface area contributed by atoms with Gasteiger partial charge in [-0.15, -0.1) is 0 Å². The predicted octanol–water partition coefficient (Wildman–Crippen LogP) is -0.685. The third kappa shape index (κ3) is 0.686. The van der Waals surface area contributed by atoms with Crippen LogP contribution in [0.3, 0.4) is 0 Å². The maximum atomic E-state index is 10.7. The number of morpholine rings is 1. The Bertz CT molecular complexity index is 157. The highest BCUT2D eigenvalue weighted by atomic mass is 16.6. The van der Waals surface area contributed by atoms with Crippen molar-refractivity contribution in [1.82, 2.24) is 5.32 Å². The lowest BCUT2D eigenvalue weighted by Crippen LogP contribution is -2.35. The third-order valence-electron chi connectivity index (χ3n) is 1.93. The van der Waals surface area contributed by atoms with Crippen LogP contribution in [0, 0.1) is 0 Å². The highest BCUT2D eigenvalue weighted by molar-refractivity contribution is 5.83. The summed E-state index contributed by atoms with van der Waals surface area (Å²) in [5.74, 6) is 0.194. The standard InChI is InChI=1S/C6H9NO2/c1-3(8)5-6-4(9-6)2-7-5/h4-7H,2H2,1H3/t4?,5-,6?/m1/s1. The molecule has 2 rings (SSSR count). The zero-order valence-electron chi connectivity index (χ0n) is 5.26. The second kappa shape index (κ2) is 1.55. The number of ketones is 1. The van der Waals surface area contributed by atoms with Crippen molar-refractivity contribution in [2.45, 2.75) is 25.2 Å². The Labute approximate surface area is 53.4 Å². The van der Waals surface area contributed by atoms with Gasteiger partial charge in [-0.25, -0.2) is 0 Å². The number of rotatable bonds is 1. The predicted molar refractivity (Wildman–Crippen MR) is 31.1 cm³/mol. The number of fused-ring (bicyclic) bond motifs is 1. The van der Waals surface area contributed by atoms with E-state index in [1.54, 1.807) is 6.92 Å². The monoisotopic (exact) mass is 127 g/mol. The maximum Gasteiger partial charge on any atom is 0.149 e. The summed E-state index contributed by atoms with van der Waals surface area (Å²) in [5, 5.41) is 3.08. The van der Waals surface area contributed by atoms with Gasteiger partial charge in [0.1, 0.15) is 11.9 Å². The number of ether oxygens (including phenoxy) is 1. The number of hydrogen-bond donors (Lipinski definition) is 1. The molecule has 3 heteroatoms. The molecular weight excluding hydrogens is 118 g/mol. The van der Waals surface area contributed by atoms with Crippen LogP contribution in [-0.4, -0.2) is 30.6 Å². The van der Waals surface area contributed by atoms with Crippen molar-refractivity contribution in [2.75, 3.05) is 6.54 Å². The van der Waals surface area contributed by atoms with Crippen molar-refractivity contribution in [3.63, 3.8) is 0 Å². The van der Waals surface area contributed by atoms with Crippen molar-refractivity contribution >= 4 is 5.78 Å². The first-order chi connectivity index (χ1) is 4.29. The van der Waals surface area contributed by atoms with E-state index < -0.39 is 0 Å². The van der Waals surface area contributed by atoms with Gasteiger partial charge in [0.15, 0.2) is 0 Å². The largest absolute Gasteiger partial charge is 0.366 e. The lowest BCUT2D eigenvalue weighted by atomic mass is 10.1. The van der Waals surface area contributed by atoms with E-state index >= 15 is 0 Å². The molecule has 0 amide bonds. The zero-order valence-corrected chi connectivity index (χ0v) is 5.26. The summed E-state index contributed by atoms with van der Waals surface area (Å²) in [6.07, 6.45) is 0.557. The lowest BCUT2D eigenvalue weighted by Gasteiger charge is -2.05. The summed E-state index contributed by atoms with van der Waals surface area (Å²) in [6, 6.07) is -0.00463. The molecule has 9 heavy (non-hydrogen) atoms. The number of carbonyl (C=O) groups is 1. The zero-order chi connectivity index (χ0) is 6.43. The number of Topliss-reactive ketones (excluding diaryl/α,β-unsaturated/α-hetero) is 1. The van der Waals surface area contributed by atoms with Gasteiger partial charge in [0.2, 0.25) is 0 Å². The molecule has 2 saturated heterocycles. The molecule has 2 unspecified atom stereocenters. The molecule has 2 fully saturated rings. The smallest absolute Gasteiger partial charge is 0.149 e. The van der Waals surface area contributed by atoms with Crippen LogP contribution >= 0.6 is 0 Å². The SMILES string of the molecule is CC(=O)[C@H]1NCC2OC21. The van der Waals surface area contributed by atoms with E-state index in [2.05, 4.69) is 5.32 Å². The van der Waals surface area contributed by atoms with Crippen LogP contribution < -0.4 is 5.32 Å². The molecular formula is C6H9NO2. The first-order valence-corrected chi connectivity index (χ1v) is 3.18. The van der Waals surface area contributed by atoms with Crippen molar-refractivity contribution in [1.29, 1.82) is 0 Å². The average molecular weight is 127 g/mol. The molecule has 3 atom stereocenters. The third-order valence-corrected chi connectivity index (χ3v) is 1.93. The van der Waals surface area contributed by atoms with Crippen molar-refractivity contribution in [3.8, 4) is 0 Å². The van der Waals surface area contributed by atoms with Crippen LogP contribution in [0.2, 0.25) is 0 Å². The second-order valence-electron chi connectivity index (χ2n) is 2.64. The summed E-state index contributed by atoms with van der Waals surface area (Å²) >= 11 is 0. The molecule has 2 aliphatic heterocycles. The Morgan fingerprint density at radius 2 is 2.56 bits per heavy atom. The van der Waals surface area contributed by atoms with Crippen molar-refractivity contribution in [3.05, 3.63) is 0 Å². The summed E-state index contributed by atoms with van der Waals surface area (Å²) in [5.41, 5.74) is 0. The van der Waals surface area contributed by atoms with E-state index in [0.717, 1.165) is 6.54 Å².